The summed E-state index contributed by atoms with van der Waals surface area (Å²) in [6.45, 7) is -0.320. The van der Waals surface area contributed by atoms with Gasteiger partial charge in [-0.2, -0.15) is 4.98 Å². The van der Waals surface area contributed by atoms with Crippen molar-refractivity contribution in [1.82, 2.24) is 29.0 Å². The van der Waals surface area contributed by atoms with E-state index in [0.29, 0.717) is 23.1 Å². The minimum absolute atomic E-state index is 0.0324. The monoisotopic (exact) mass is 477 g/mol. The Morgan fingerprint density at radius 2 is 2.12 bits per heavy atom. The van der Waals surface area contributed by atoms with E-state index < -0.39 is 24.5 Å². The number of piperidine rings is 1. The second-order valence-corrected chi connectivity index (χ2v) is 8.40. The average Bonchev–Trinajstić information content (AvgIpc) is 3.34. The predicted octanol–water partition coefficient (Wildman–Crippen LogP) is 3.61. The second-order valence-electron chi connectivity index (χ2n) is 8.40. The van der Waals surface area contributed by atoms with Crippen LogP contribution < -0.4 is 10.1 Å². The summed E-state index contributed by atoms with van der Waals surface area (Å²) in [5, 5.41) is 6.93. The summed E-state index contributed by atoms with van der Waals surface area (Å²) in [5.74, 6) is -3.63. The van der Waals surface area contributed by atoms with Gasteiger partial charge >= 0.3 is 0 Å². The first kappa shape index (κ1) is 22.4. The number of methoxy groups -OCH3 is 1. The summed E-state index contributed by atoms with van der Waals surface area (Å²) in [6.07, 6.45) is 2.88. The molecule has 0 amide bonds. The Labute approximate surface area is 192 Å². The molecule has 0 radical (unpaired) electrons. The van der Waals surface area contributed by atoms with Gasteiger partial charge in [-0.1, -0.05) is 6.07 Å². The molecule has 180 valence electrons. The Kier molecular flexibility index (Phi) is 5.54. The summed E-state index contributed by atoms with van der Waals surface area (Å²) < 4.78 is 65.3. The summed E-state index contributed by atoms with van der Waals surface area (Å²) >= 11 is 0. The number of benzene rings is 1. The molecule has 34 heavy (non-hydrogen) atoms. The molecular weight excluding hydrogens is 454 g/mol. The van der Waals surface area contributed by atoms with Crippen LogP contribution in [0.2, 0.25) is 0 Å². The smallest absolute Gasteiger partial charge is 0.280 e. The minimum atomic E-state index is -2.98. The zero-order chi connectivity index (χ0) is 24.0. The van der Waals surface area contributed by atoms with Crippen LogP contribution in [0.1, 0.15) is 6.42 Å². The summed E-state index contributed by atoms with van der Waals surface area (Å²) in [6, 6.07) is 3.96. The molecule has 8 nitrogen and oxygen atoms in total. The second kappa shape index (κ2) is 8.42. The fraction of sp³-hybridized carbons (Fsp3) is 0.409. The molecule has 4 heterocycles. The molecule has 1 saturated heterocycles. The maximum absolute atomic E-state index is 15.2. The molecule has 0 aliphatic carbocycles. The molecule has 1 aromatic carbocycles. The SMILES string of the molecule is COc1nc(N[C@@H]2CCN(C)CC2(F)F)nn2cc(F)c(-c3ccc4ncn(CCF)c4c3)c12. The van der Waals surface area contributed by atoms with Crippen LogP contribution in [0.4, 0.5) is 23.5 Å². The Bertz CT molecular complexity index is 1350. The number of hydrogen-bond acceptors (Lipinski definition) is 6. The number of anilines is 1. The minimum Gasteiger partial charge on any atom is -0.479 e. The van der Waals surface area contributed by atoms with Gasteiger partial charge in [0, 0.05) is 6.54 Å². The third-order valence-corrected chi connectivity index (χ3v) is 6.07. The highest BCUT2D eigenvalue weighted by atomic mass is 19.3. The quantitative estimate of drug-likeness (QED) is 0.428. The number of nitrogens with one attached hydrogen (secondary N) is 1. The molecule has 1 atom stereocenters. The van der Waals surface area contributed by atoms with E-state index in [9.17, 15) is 13.2 Å². The van der Waals surface area contributed by atoms with E-state index >= 15 is 4.39 Å². The molecule has 1 N–H and O–H groups in total. The Morgan fingerprint density at radius 3 is 2.85 bits per heavy atom. The Balaban J connectivity index is 1.57. The van der Waals surface area contributed by atoms with Gasteiger partial charge in [0.05, 0.1) is 55.4 Å². The molecule has 4 aromatic rings. The van der Waals surface area contributed by atoms with Crippen molar-refractivity contribution in [3.63, 3.8) is 0 Å². The summed E-state index contributed by atoms with van der Waals surface area (Å²) in [5.41, 5.74) is 2.23. The molecular formula is C22H23F4N7O. The first-order chi connectivity index (χ1) is 16.3. The molecule has 3 aromatic heterocycles. The molecule has 0 bridgehead atoms. The highest BCUT2D eigenvalue weighted by molar-refractivity contribution is 5.90. The van der Waals surface area contributed by atoms with Crippen molar-refractivity contribution in [3.8, 4) is 17.0 Å². The van der Waals surface area contributed by atoms with Crippen LogP contribution in [0.3, 0.4) is 0 Å². The van der Waals surface area contributed by atoms with Gasteiger partial charge in [-0.15, -0.1) is 5.10 Å². The number of rotatable bonds is 6. The Hall–Kier alpha value is -3.41. The van der Waals surface area contributed by atoms with Gasteiger partial charge in [0.1, 0.15) is 12.2 Å². The molecule has 12 heteroatoms. The van der Waals surface area contributed by atoms with Gasteiger partial charge in [-0.3, -0.25) is 0 Å². The van der Waals surface area contributed by atoms with Crippen molar-refractivity contribution in [3.05, 3.63) is 36.5 Å². The van der Waals surface area contributed by atoms with Gasteiger partial charge < -0.3 is 19.5 Å². The lowest BCUT2D eigenvalue weighted by atomic mass is 10.0. The molecule has 5 rings (SSSR count). The van der Waals surface area contributed by atoms with E-state index in [1.165, 1.54) is 18.0 Å². The number of nitrogens with zero attached hydrogens (tertiary/aromatic N) is 6. The predicted molar refractivity (Wildman–Crippen MR) is 119 cm³/mol. The topological polar surface area (TPSA) is 72.5 Å². The number of fused-ring (bicyclic) bond motifs is 2. The molecule has 0 saturated carbocycles. The fourth-order valence-corrected chi connectivity index (χ4v) is 4.42. The maximum atomic E-state index is 15.2. The number of likely N-dealkylation sites (tertiary alicyclic amines) is 1. The third-order valence-electron chi connectivity index (χ3n) is 6.07. The maximum Gasteiger partial charge on any atom is 0.280 e. The van der Waals surface area contributed by atoms with Crippen LogP contribution in [0.25, 0.3) is 27.7 Å². The molecule has 1 aliphatic heterocycles. The van der Waals surface area contributed by atoms with E-state index in [2.05, 4.69) is 20.4 Å². The standard InChI is InChI=1S/C22H23F4N7O/c1-31-7-5-17(22(25,26)11-31)28-21-29-20(34-2)19-18(14(24)10-33(19)30-21)13-3-4-15-16(9-13)32(8-6-23)12-27-15/h3-4,9-10,12,17H,5-8,11H2,1-2H3,(H,28,30)/t17-/m1/s1. The van der Waals surface area contributed by atoms with E-state index in [-0.39, 0.29) is 42.4 Å². The van der Waals surface area contributed by atoms with Gasteiger partial charge in [-0.25, -0.2) is 27.1 Å². The normalized spacial score (nSPS) is 18.6. The number of aryl methyl sites for hydroxylation is 1. The highest BCUT2D eigenvalue weighted by Crippen LogP contribution is 2.36. The van der Waals surface area contributed by atoms with Crippen molar-refractivity contribution < 1.29 is 22.3 Å². The zero-order valence-corrected chi connectivity index (χ0v) is 18.6. The van der Waals surface area contributed by atoms with Gasteiger partial charge in [0.25, 0.3) is 5.92 Å². The van der Waals surface area contributed by atoms with Crippen molar-refractivity contribution in [2.45, 2.75) is 24.9 Å². The van der Waals surface area contributed by atoms with Crippen LogP contribution in [0, 0.1) is 5.82 Å². The van der Waals surface area contributed by atoms with E-state index in [0.717, 1.165) is 6.20 Å². The average molecular weight is 477 g/mol. The van der Waals surface area contributed by atoms with Crippen molar-refractivity contribution in [2.24, 2.45) is 0 Å². The van der Waals surface area contributed by atoms with E-state index in [1.54, 1.807) is 34.7 Å². The van der Waals surface area contributed by atoms with Crippen LogP contribution in [-0.2, 0) is 6.54 Å². The van der Waals surface area contributed by atoms with Crippen LogP contribution in [0.15, 0.2) is 30.7 Å². The number of halogens is 4. The van der Waals surface area contributed by atoms with E-state index in [1.807, 2.05) is 0 Å². The number of imidazole rings is 1. The number of aromatic nitrogens is 5. The van der Waals surface area contributed by atoms with Gasteiger partial charge in [0.15, 0.2) is 5.82 Å². The van der Waals surface area contributed by atoms with Gasteiger partial charge in [0.2, 0.25) is 11.8 Å². The largest absolute Gasteiger partial charge is 0.479 e. The molecule has 1 fully saturated rings. The van der Waals surface area contributed by atoms with E-state index in [4.69, 9.17) is 4.74 Å². The first-order valence-corrected chi connectivity index (χ1v) is 10.8. The van der Waals surface area contributed by atoms with Crippen molar-refractivity contribution in [1.29, 1.82) is 0 Å². The van der Waals surface area contributed by atoms with Gasteiger partial charge in [-0.05, 0) is 31.2 Å². The first-order valence-electron chi connectivity index (χ1n) is 10.8. The number of hydrogen-bond donors (Lipinski definition) is 1. The fourth-order valence-electron chi connectivity index (χ4n) is 4.42. The lowest BCUT2D eigenvalue weighted by Gasteiger charge is -2.36. The highest BCUT2D eigenvalue weighted by Gasteiger charge is 2.44. The third kappa shape index (κ3) is 3.81. The van der Waals surface area contributed by atoms with Crippen LogP contribution in [-0.4, -0.2) is 74.9 Å². The zero-order valence-electron chi connectivity index (χ0n) is 18.6. The van der Waals surface area contributed by atoms with Crippen molar-refractivity contribution >= 4 is 22.5 Å². The molecule has 1 aliphatic rings. The molecule has 0 spiro atoms. The number of ether oxygens (including phenoxy) is 1. The molecule has 0 unspecified atom stereocenters. The lowest BCUT2D eigenvalue weighted by Crippen LogP contribution is -2.53. The number of alkyl halides is 3. The summed E-state index contributed by atoms with van der Waals surface area (Å²) in [4.78, 5) is 10.1. The lowest BCUT2D eigenvalue weighted by molar-refractivity contribution is -0.0675. The van der Waals surface area contributed by atoms with Crippen LogP contribution >= 0.6 is 0 Å². The van der Waals surface area contributed by atoms with Crippen molar-refractivity contribution in [2.75, 3.05) is 39.2 Å². The Morgan fingerprint density at radius 1 is 1.29 bits per heavy atom. The summed E-state index contributed by atoms with van der Waals surface area (Å²) in [7, 11) is 3.01. The van der Waals surface area contributed by atoms with Crippen LogP contribution in [0.5, 0.6) is 5.88 Å².